The minimum Gasteiger partial charge on any atom is -0.546 e. The lowest BCUT2D eigenvalue weighted by Crippen LogP contribution is -2.43. The Bertz CT molecular complexity index is 5910. The van der Waals surface area contributed by atoms with Gasteiger partial charge in [-0.05, 0) is 329 Å². The van der Waals surface area contributed by atoms with Gasteiger partial charge >= 0.3 is 41.8 Å². The van der Waals surface area contributed by atoms with E-state index in [0.717, 1.165) is 105 Å². The molecule has 12 rings (SSSR count). The van der Waals surface area contributed by atoms with Crippen molar-refractivity contribution in [1.29, 1.82) is 15.8 Å². The molecular formula is C112H121N3O23Si2. The topological polar surface area (TPSA) is 394 Å². The number of rotatable bonds is 36. The highest BCUT2D eigenvalue weighted by atomic mass is 28.4. The van der Waals surface area contributed by atoms with Crippen LogP contribution >= 0.6 is 0 Å². The van der Waals surface area contributed by atoms with E-state index >= 15 is 0 Å². The van der Waals surface area contributed by atoms with Crippen LogP contribution in [0.15, 0.2) is 328 Å². The highest BCUT2D eigenvalue weighted by Gasteiger charge is 2.40. The molecule has 0 aromatic heterocycles. The molecular weight excluding hydrogens is 1810 g/mol. The van der Waals surface area contributed by atoms with Crippen molar-refractivity contribution in [2.45, 2.75) is 155 Å². The number of ether oxygens (including phenoxy) is 9. The number of carbonyl (C=O) groups is 7. The summed E-state index contributed by atoms with van der Waals surface area (Å²) < 4.78 is 60.6. The van der Waals surface area contributed by atoms with Crippen molar-refractivity contribution in [2.24, 2.45) is 0 Å². The van der Waals surface area contributed by atoms with Crippen LogP contribution in [-0.4, -0.2) is 110 Å². The maximum Gasteiger partial charge on any atom is 0.343 e. The average molecular weight is 1930 g/mol. The van der Waals surface area contributed by atoms with Gasteiger partial charge in [0.25, 0.3) is 0 Å². The van der Waals surface area contributed by atoms with Crippen molar-refractivity contribution in [3.63, 3.8) is 0 Å². The molecule has 0 amide bonds. The van der Waals surface area contributed by atoms with Gasteiger partial charge in [0.05, 0.1) is 101 Å². The standard InChI is InChI=1S/C30H27NO7.C19H28O2Si.C16H20O5.C14H9NO3.C13H12O2.C12H20O2Si.C8H5NO2/c1-2-28(32)36-20-6-4-3-5-19-35-25-13-11-24(12-14-25)30(34)38-27-17-15-26(16-18-27)37-29(33)23-9-7-22(21-31)8-10-23;1-19(2,3)22(4,5)21-18-13-11-17(12-14-18)20-15-16-9-7-6-8-10-16;1-2-15(17)21-12-6-4-3-5-11-20-14-9-7-13(8-10-14)16(18)19;15-9-10-1-3-11(4-2-10)14(17)18-13-7-5-12(16)6-8-13;14-12-6-8-13(9-7-12)15-10-11-4-2-1-3-5-11;1-12(2,3)15(4,5)14-11-8-6-10(13)7-9-11;9-5-6-1-3-7(4-2-6)8(10)11/h2,7-18H,1,3-6,19-20H2;6-11,13H,12,14-15H2,1-5H3;2,7-10H,1,3-6,11-12H2,(H,18,19);1-8,16H;1-9,14H,10H2;6-9,13H,1-5H3;1-4H,(H,10,11). The third kappa shape index (κ3) is 43.6. The van der Waals surface area contributed by atoms with Crippen LogP contribution in [-0.2, 0) is 41.4 Å². The second-order valence-electron chi connectivity index (χ2n) is 34.2. The number of unbranched alkanes of at least 4 members (excludes halogenated alkanes) is 6. The number of carboxylic acids is 2. The number of esters is 5. The van der Waals surface area contributed by atoms with E-state index < -0.39 is 52.5 Å². The molecule has 0 heterocycles. The number of benzene rings is 11. The van der Waals surface area contributed by atoms with Crippen LogP contribution in [0.3, 0.4) is 0 Å². The predicted molar refractivity (Wildman–Crippen MR) is 540 cm³/mol. The highest BCUT2D eigenvalue weighted by Crippen LogP contribution is 2.40. The number of hydrogen-bond donors (Lipinski definition) is 5. The maximum absolute atomic E-state index is 12.5. The zero-order chi connectivity index (χ0) is 102. The van der Waals surface area contributed by atoms with Gasteiger partial charge in [0.1, 0.15) is 70.7 Å². The summed E-state index contributed by atoms with van der Waals surface area (Å²) >= 11 is 0. The molecule has 0 radical (unpaired) electrons. The molecule has 140 heavy (non-hydrogen) atoms. The van der Waals surface area contributed by atoms with Gasteiger partial charge in [-0.15, -0.1) is 0 Å². The van der Waals surface area contributed by atoms with Crippen LogP contribution in [0.2, 0.25) is 36.3 Å². The number of aromatic carboxylic acids is 2. The van der Waals surface area contributed by atoms with Gasteiger partial charge < -0.3 is 77.0 Å². The minimum absolute atomic E-state index is 0.105. The summed E-state index contributed by atoms with van der Waals surface area (Å²) in [6, 6.07) is 82.7. The molecule has 28 heteroatoms. The van der Waals surface area contributed by atoms with Crippen molar-refractivity contribution in [1.82, 2.24) is 0 Å². The minimum atomic E-state index is -1.74. The SMILES string of the molecule is C=CC(=O)OCCCCCCOc1ccc(C(=O)O)cc1.C=CC(=O)OCCCCCCOc1ccc(C(=O)Oc2ccc(OC(=O)c3ccc(C#N)cc3)cc2)cc1.CC(C)(C)[Si](C)(C)OC1=CC=C(OCc2ccccc2)CC1.CC(C)(C)[Si](C)(C)Oc1ccc(O)cc1.N#Cc1ccc(C(=O)O)cc1.N#Cc1ccc(C(=O)Oc2ccc(O)cc2)cc1.Oc1ccc(OCc2ccccc2)cc1. The quantitative estimate of drug-likeness (QED) is 0.00800. The summed E-state index contributed by atoms with van der Waals surface area (Å²) in [5.41, 5.74) is 5.22. The molecule has 0 bridgehead atoms. The molecule has 11 aromatic carbocycles. The second-order valence-corrected chi connectivity index (χ2v) is 43.6. The van der Waals surface area contributed by atoms with Gasteiger partial charge in [-0.1, -0.05) is 115 Å². The van der Waals surface area contributed by atoms with Crippen molar-refractivity contribution in [2.75, 3.05) is 26.4 Å². The fraction of sp³-hybridized carbons (Fsp3) is 0.250. The highest BCUT2D eigenvalue weighted by molar-refractivity contribution is 6.75. The first-order valence-electron chi connectivity index (χ1n) is 45.1. The molecule has 0 saturated carbocycles. The van der Waals surface area contributed by atoms with E-state index in [2.05, 4.69) is 105 Å². The Morgan fingerprint density at radius 3 is 0.921 bits per heavy atom. The fourth-order valence-electron chi connectivity index (χ4n) is 11.3. The molecule has 0 unspecified atom stereocenters. The third-order valence-corrected chi connectivity index (χ3v) is 30.1. The molecule has 5 N–H and O–H groups in total. The molecule has 0 saturated heterocycles. The van der Waals surface area contributed by atoms with E-state index in [0.29, 0.717) is 96.0 Å². The monoisotopic (exact) mass is 1930 g/mol. The Hall–Kier alpha value is -16.2. The maximum atomic E-state index is 12.5. The molecule has 1 aliphatic carbocycles. The summed E-state index contributed by atoms with van der Waals surface area (Å²) in [6.07, 6.45) is 15.5. The van der Waals surface area contributed by atoms with Gasteiger partial charge in [-0.2, -0.15) is 15.8 Å². The first-order valence-corrected chi connectivity index (χ1v) is 51.0. The van der Waals surface area contributed by atoms with Crippen molar-refractivity contribution >= 4 is 58.4 Å². The van der Waals surface area contributed by atoms with Crippen LogP contribution in [0.4, 0.5) is 0 Å². The zero-order valence-corrected chi connectivity index (χ0v) is 82.5. The number of allylic oxidation sites excluding steroid dienone is 4. The summed E-state index contributed by atoms with van der Waals surface area (Å²) in [6.45, 7) is 32.2. The van der Waals surface area contributed by atoms with Crippen LogP contribution in [0.1, 0.15) is 185 Å². The normalized spacial score (nSPS) is 11.0. The summed E-state index contributed by atoms with van der Waals surface area (Å²) in [7, 11) is -3.47. The number of phenolic OH excluding ortho intramolecular Hbond substituents is 3. The van der Waals surface area contributed by atoms with Gasteiger partial charge in [0, 0.05) is 25.0 Å². The van der Waals surface area contributed by atoms with Gasteiger partial charge in [-0.25, -0.2) is 33.6 Å². The molecule has 0 fully saturated rings. The van der Waals surface area contributed by atoms with Crippen LogP contribution in [0.5, 0.6) is 57.5 Å². The summed E-state index contributed by atoms with van der Waals surface area (Å²) in [5.74, 6) is 2.33. The average Bonchev–Trinajstić information content (AvgIpc) is 0.804. The molecule has 26 nitrogen and oxygen atoms in total. The van der Waals surface area contributed by atoms with E-state index in [1.807, 2.05) is 78.9 Å². The zero-order valence-electron chi connectivity index (χ0n) is 80.5. The van der Waals surface area contributed by atoms with Crippen LogP contribution < -0.4 is 32.8 Å². The number of nitrogens with zero attached hydrogens (tertiary/aromatic N) is 3. The van der Waals surface area contributed by atoms with Gasteiger partial charge in [0.15, 0.2) is 0 Å². The molecule has 0 spiro atoms. The van der Waals surface area contributed by atoms with E-state index in [-0.39, 0.29) is 50.2 Å². The Labute approximate surface area is 821 Å². The lowest BCUT2D eigenvalue weighted by Gasteiger charge is -2.37. The number of hydrogen-bond acceptors (Lipinski definition) is 24. The largest absolute Gasteiger partial charge is 0.546 e. The van der Waals surface area contributed by atoms with E-state index in [4.69, 9.17) is 87.7 Å². The van der Waals surface area contributed by atoms with Crippen molar-refractivity contribution < 1.29 is 111 Å². The van der Waals surface area contributed by atoms with E-state index in [1.54, 1.807) is 84.9 Å². The Kier molecular flexibility index (Phi) is 47.9. The van der Waals surface area contributed by atoms with Crippen LogP contribution in [0, 0.1) is 34.0 Å². The Morgan fingerprint density at radius 2 is 0.600 bits per heavy atom. The first kappa shape index (κ1) is 113. The summed E-state index contributed by atoms with van der Waals surface area (Å²) in [4.78, 5) is 79.2. The Balaban J connectivity index is 0.000000259. The second kappa shape index (κ2) is 59.6. The smallest absolute Gasteiger partial charge is 0.343 e. The van der Waals surface area contributed by atoms with Gasteiger partial charge in [-0.3, -0.25) is 0 Å². The third-order valence-electron chi connectivity index (χ3n) is 21.3. The molecule has 11 aromatic rings. The van der Waals surface area contributed by atoms with Crippen molar-refractivity contribution in [3.8, 4) is 75.7 Å². The number of nitriles is 3. The summed E-state index contributed by atoms with van der Waals surface area (Å²) in [5, 5.41) is 70.9. The number of carbonyl (C=O) groups excluding carboxylic acids is 5. The lowest BCUT2D eigenvalue weighted by molar-refractivity contribution is -0.138. The molecule has 0 atom stereocenters. The number of aromatic hydroxyl groups is 3. The predicted octanol–water partition coefficient (Wildman–Crippen LogP) is 25.0. The molecule has 1 aliphatic rings. The molecule has 730 valence electrons. The van der Waals surface area contributed by atoms with E-state index in [9.17, 15) is 38.7 Å². The lowest BCUT2D eigenvalue weighted by atomic mass is 10.1. The fourth-order valence-corrected chi connectivity index (χ4v) is 13.4. The van der Waals surface area contributed by atoms with Gasteiger partial charge in [0.2, 0.25) is 16.6 Å². The molecule has 0 aliphatic heterocycles. The van der Waals surface area contributed by atoms with Crippen LogP contribution in [0.25, 0.3) is 0 Å². The number of carboxylic acid groups (broad SMARTS) is 2. The Morgan fingerprint density at radius 1 is 0.329 bits per heavy atom. The first-order chi connectivity index (χ1) is 66.9. The van der Waals surface area contributed by atoms with E-state index in [1.165, 1.54) is 127 Å². The number of phenols is 3. The van der Waals surface area contributed by atoms with Crippen molar-refractivity contribution in [3.05, 3.63) is 384 Å².